The van der Waals surface area contributed by atoms with Crippen LogP contribution in [0.3, 0.4) is 0 Å². The number of aromatic nitrogens is 3. The second kappa shape index (κ2) is 8.17. The smallest absolute Gasteiger partial charge is 0.432 e. The second-order valence-corrected chi connectivity index (χ2v) is 7.70. The number of benzene rings is 1. The zero-order valence-electron chi connectivity index (χ0n) is 14.0. The summed E-state index contributed by atoms with van der Waals surface area (Å²) in [5, 5.41) is 0.837. The molecule has 0 unspecified atom stereocenters. The zero-order chi connectivity index (χ0) is 19.4. The summed E-state index contributed by atoms with van der Waals surface area (Å²) in [6.07, 6.45) is -3.78. The Morgan fingerprint density at radius 1 is 1.22 bits per heavy atom. The molecule has 144 valence electrons. The maximum atomic E-state index is 12.8. The van der Waals surface area contributed by atoms with Crippen molar-refractivity contribution in [3.05, 3.63) is 48.2 Å². The summed E-state index contributed by atoms with van der Waals surface area (Å²) in [4.78, 5) is 21.8. The van der Waals surface area contributed by atoms with Gasteiger partial charge < -0.3 is 4.74 Å². The molecule has 0 radical (unpaired) electrons. The van der Waals surface area contributed by atoms with E-state index in [2.05, 4.69) is 4.98 Å². The van der Waals surface area contributed by atoms with Crippen molar-refractivity contribution in [3.8, 4) is 0 Å². The lowest BCUT2D eigenvalue weighted by Gasteiger charge is -2.22. The molecule has 1 aromatic carbocycles. The summed E-state index contributed by atoms with van der Waals surface area (Å²) in [7, 11) is 4.46. The molecule has 0 spiro atoms. The number of alkyl halides is 3. The van der Waals surface area contributed by atoms with Gasteiger partial charge in [-0.25, -0.2) is 9.78 Å². The van der Waals surface area contributed by atoms with Crippen LogP contribution in [0.15, 0.2) is 47.6 Å². The van der Waals surface area contributed by atoms with Crippen LogP contribution in [0.1, 0.15) is 5.56 Å². The number of nitrogens with zero attached hydrogens (tertiary/aromatic N) is 3. The number of hydrogen-bond acceptors (Lipinski definition) is 6. The van der Waals surface area contributed by atoms with Gasteiger partial charge in [-0.1, -0.05) is 16.9 Å². The van der Waals surface area contributed by atoms with Crippen LogP contribution >= 0.6 is 21.6 Å². The summed E-state index contributed by atoms with van der Waals surface area (Å²) in [6, 6.07) is 8.75. The molecule has 0 saturated heterocycles. The number of pyridine rings is 1. The van der Waals surface area contributed by atoms with E-state index in [1.807, 2.05) is 18.2 Å². The Balaban J connectivity index is 1.50. The van der Waals surface area contributed by atoms with Crippen molar-refractivity contribution >= 4 is 38.8 Å². The lowest BCUT2D eigenvalue weighted by Crippen LogP contribution is -2.32. The van der Waals surface area contributed by atoms with E-state index in [-0.39, 0.29) is 12.1 Å². The minimum atomic E-state index is -4.47. The largest absolute Gasteiger partial charge is 0.535 e. The molecule has 0 amide bonds. The van der Waals surface area contributed by atoms with E-state index in [1.54, 1.807) is 13.2 Å². The van der Waals surface area contributed by atoms with Crippen LogP contribution in [0.4, 0.5) is 18.0 Å². The number of rotatable bonds is 6. The first kappa shape index (κ1) is 19.5. The van der Waals surface area contributed by atoms with Crippen molar-refractivity contribution in [1.29, 1.82) is 0 Å². The Morgan fingerprint density at radius 3 is 2.74 bits per heavy atom. The van der Waals surface area contributed by atoms with Gasteiger partial charge in [-0.2, -0.15) is 13.2 Å². The van der Waals surface area contributed by atoms with Crippen molar-refractivity contribution in [1.82, 2.24) is 14.5 Å². The van der Waals surface area contributed by atoms with E-state index >= 15 is 0 Å². The lowest BCUT2D eigenvalue weighted by atomic mass is 10.2. The summed E-state index contributed by atoms with van der Waals surface area (Å²) < 4.78 is 44.7. The van der Waals surface area contributed by atoms with Gasteiger partial charge in [0.15, 0.2) is 0 Å². The number of fused-ring (bicyclic) bond motifs is 1. The highest BCUT2D eigenvalue weighted by Crippen LogP contribution is 2.32. The lowest BCUT2D eigenvalue weighted by molar-refractivity contribution is -0.137. The zero-order valence-corrected chi connectivity index (χ0v) is 15.6. The number of carbonyl (C=O) groups is 1. The van der Waals surface area contributed by atoms with Crippen molar-refractivity contribution < 1.29 is 27.5 Å². The molecule has 0 N–H and O–H groups in total. The monoisotopic (exact) mass is 417 g/mol. The fourth-order valence-electron chi connectivity index (χ4n) is 2.21. The SMILES string of the molecule is Cn1c2ccc(C(F)(F)F)cc2n1OC(=O)OCCSSc1ccccn1. The topological polar surface area (TPSA) is 58.3 Å². The molecule has 11 heteroatoms. The highest BCUT2D eigenvalue weighted by atomic mass is 33.1. The first-order valence-corrected chi connectivity index (χ1v) is 9.98. The number of aryl methyl sites for hydroxylation is 1. The van der Waals surface area contributed by atoms with Gasteiger partial charge in [-0.05, 0) is 41.1 Å². The van der Waals surface area contributed by atoms with Crippen LogP contribution in [0, 0.1) is 0 Å². The van der Waals surface area contributed by atoms with Crippen molar-refractivity contribution in [2.24, 2.45) is 7.05 Å². The van der Waals surface area contributed by atoms with Crippen molar-refractivity contribution in [3.63, 3.8) is 0 Å². The summed E-state index contributed by atoms with van der Waals surface area (Å²) in [6.45, 7) is 0.0936. The third kappa shape index (κ3) is 4.72. The molecule has 0 fully saturated rings. The molecule has 2 heterocycles. The van der Waals surface area contributed by atoms with Gasteiger partial charge in [0.05, 0.1) is 11.1 Å². The Morgan fingerprint density at radius 2 is 2.04 bits per heavy atom. The quantitative estimate of drug-likeness (QED) is 0.337. The highest BCUT2D eigenvalue weighted by molar-refractivity contribution is 8.76. The van der Waals surface area contributed by atoms with E-state index in [0.717, 1.165) is 22.0 Å². The molecule has 2 aromatic heterocycles. The molecule has 3 aromatic rings. The first-order valence-electron chi connectivity index (χ1n) is 7.66. The van der Waals surface area contributed by atoms with E-state index in [9.17, 15) is 18.0 Å². The van der Waals surface area contributed by atoms with Crippen LogP contribution in [-0.4, -0.2) is 33.0 Å². The molecular weight excluding hydrogens is 403 g/mol. The van der Waals surface area contributed by atoms with Gasteiger partial charge in [0.1, 0.15) is 17.1 Å². The summed E-state index contributed by atoms with van der Waals surface area (Å²) in [5.74, 6) is 0.501. The molecule has 27 heavy (non-hydrogen) atoms. The molecule has 3 rings (SSSR count). The molecule has 0 aliphatic heterocycles. The van der Waals surface area contributed by atoms with Gasteiger partial charge in [-0.15, -0.1) is 4.85 Å². The minimum absolute atomic E-state index is 0.0936. The number of ether oxygens (including phenoxy) is 1. The van der Waals surface area contributed by atoms with Crippen LogP contribution in [0.5, 0.6) is 0 Å². The fraction of sp³-hybridized carbons (Fsp3) is 0.250. The van der Waals surface area contributed by atoms with Crippen LogP contribution in [0.2, 0.25) is 0 Å². The normalized spacial score (nSPS) is 11.7. The predicted octanol–water partition coefficient (Wildman–Crippen LogP) is 4.40. The van der Waals surface area contributed by atoms with Gasteiger partial charge in [0.25, 0.3) is 0 Å². The second-order valence-electron chi connectivity index (χ2n) is 5.26. The molecule has 0 aliphatic carbocycles. The molecule has 0 bridgehead atoms. The van der Waals surface area contributed by atoms with E-state index in [0.29, 0.717) is 11.3 Å². The Hall–Kier alpha value is -2.27. The summed E-state index contributed by atoms with van der Waals surface area (Å²) in [5.41, 5.74) is -0.165. The first-order chi connectivity index (χ1) is 12.9. The highest BCUT2D eigenvalue weighted by Gasteiger charge is 2.32. The number of halogens is 3. The average Bonchev–Trinajstić information content (AvgIpc) is 2.65. The van der Waals surface area contributed by atoms with E-state index in [4.69, 9.17) is 9.57 Å². The molecule has 6 nitrogen and oxygen atoms in total. The maximum absolute atomic E-state index is 12.8. The number of hydrogen-bond donors (Lipinski definition) is 0. The van der Waals surface area contributed by atoms with Gasteiger partial charge in [0.2, 0.25) is 0 Å². The molecule has 0 atom stereocenters. The molecular formula is C16H14F3N3O3S2. The van der Waals surface area contributed by atoms with Crippen LogP contribution in [-0.2, 0) is 18.0 Å². The van der Waals surface area contributed by atoms with Gasteiger partial charge in [-0.3, -0.25) is 9.52 Å². The van der Waals surface area contributed by atoms with E-state index in [1.165, 1.54) is 32.3 Å². The summed E-state index contributed by atoms with van der Waals surface area (Å²) >= 11 is 0. The van der Waals surface area contributed by atoms with Crippen molar-refractivity contribution in [2.45, 2.75) is 11.2 Å². The van der Waals surface area contributed by atoms with Crippen LogP contribution in [0.25, 0.3) is 11.0 Å². The molecule has 0 saturated carbocycles. The number of carbonyl (C=O) groups excluding carboxylic acids is 1. The van der Waals surface area contributed by atoms with Crippen molar-refractivity contribution in [2.75, 3.05) is 12.4 Å². The Labute approximate surface area is 160 Å². The Bertz CT molecular complexity index is 926. The van der Waals surface area contributed by atoms with E-state index < -0.39 is 17.9 Å². The maximum Gasteiger partial charge on any atom is 0.535 e. The van der Waals surface area contributed by atoms with Gasteiger partial charge >= 0.3 is 12.3 Å². The standard InChI is InChI=1S/C16H14F3N3O3S2/c1-21-12-6-5-11(16(17,18)19)10-13(12)22(21)25-15(23)24-8-9-26-27-14-4-2-3-7-20-14/h2-7,10H,8-9H2,1H3. The third-order valence-corrected chi connectivity index (χ3v) is 5.69. The third-order valence-electron chi connectivity index (χ3n) is 3.46. The van der Waals surface area contributed by atoms with Crippen LogP contribution < -0.4 is 4.84 Å². The van der Waals surface area contributed by atoms with Gasteiger partial charge in [0, 0.05) is 19.0 Å². The molecule has 0 aliphatic rings. The predicted molar refractivity (Wildman–Crippen MR) is 96.4 cm³/mol. The minimum Gasteiger partial charge on any atom is -0.432 e. The fourth-order valence-corrected chi connectivity index (χ4v) is 3.91. The Kier molecular flexibility index (Phi) is 5.90. The average molecular weight is 417 g/mol.